The molecule has 0 atom stereocenters. The summed E-state index contributed by atoms with van der Waals surface area (Å²) < 4.78 is 0. The Labute approximate surface area is 146 Å². The van der Waals surface area contributed by atoms with Crippen molar-refractivity contribution in [2.45, 2.75) is 0 Å². The number of hydrogen-bond donors (Lipinski definition) is 2. The van der Waals surface area contributed by atoms with Crippen LogP contribution in [0.15, 0.2) is 36.4 Å². The fraction of sp³-hybridized carbons (Fsp3) is 0. The lowest BCUT2D eigenvalue weighted by Gasteiger charge is -2.06. The van der Waals surface area contributed by atoms with Crippen molar-refractivity contribution in [1.82, 2.24) is 0 Å². The molecule has 0 radical (unpaired) electrons. The van der Waals surface area contributed by atoms with Gasteiger partial charge in [0.15, 0.2) is 5.78 Å². The number of rotatable bonds is 4. The molecular formula is C16H9Cl3O4. The van der Waals surface area contributed by atoms with E-state index in [1.807, 2.05) is 0 Å². The van der Waals surface area contributed by atoms with Gasteiger partial charge in [0.1, 0.15) is 11.3 Å². The van der Waals surface area contributed by atoms with Crippen LogP contribution >= 0.6 is 34.8 Å². The van der Waals surface area contributed by atoms with E-state index >= 15 is 0 Å². The number of benzene rings is 2. The minimum atomic E-state index is -1.39. The van der Waals surface area contributed by atoms with E-state index in [0.29, 0.717) is 15.6 Å². The van der Waals surface area contributed by atoms with Gasteiger partial charge in [-0.2, -0.15) is 0 Å². The number of carbonyl (C=O) groups excluding carboxylic acids is 1. The van der Waals surface area contributed by atoms with E-state index in [-0.39, 0.29) is 10.6 Å². The number of aromatic carboxylic acids is 1. The fourth-order valence-corrected chi connectivity index (χ4v) is 2.53. The molecule has 2 aromatic rings. The maximum Gasteiger partial charge on any atom is 0.339 e. The Kier molecular flexibility index (Phi) is 5.31. The van der Waals surface area contributed by atoms with E-state index in [2.05, 4.69) is 0 Å². The predicted octanol–water partition coefficient (Wildman–Crippen LogP) is 4.95. The molecule has 0 aliphatic carbocycles. The third-order valence-corrected chi connectivity index (χ3v) is 3.73. The summed E-state index contributed by atoms with van der Waals surface area (Å²) in [5, 5.41) is 19.7. The molecule has 0 amide bonds. The first-order valence-electron chi connectivity index (χ1n) is 6.23. The number of carboxylic acid groups (broad SMARTS) is 1. The predicted molar refractivity (Wildman–Crippen MR) is 89.9 cm³/mol. The molecule has 0 unspecified atom stereocenters. The van der Waals surface area contributed by atoms with Crippen LogP contribution < -0.4 is 0 Å². The maximum atomic E-state index is 12.2. The van der Waals surface area contributed by atoms with Crippen molar-refractivity contribution in [1.29, 1.82) is 0 Å². The van der Waals surface area contributed by atoms with Gasteiger partial charge in [-0.15, -0.1) is 0 Å². The lowest BCUT2D eigenvalue weighted by Crippen LogP contribution is -2.03. The molecule has 2 N–H and O–H groups in total. The van der Waals surface area contributed by atoms with Gasteiger partial charge in [0, 0.05) is 15.1 Å². The van der Waals surface area contributed by atoms with Crippen LogP contribution in [0.1, 0.15) is 26.3 Å². The zero-order chi connectivity index (χ0) is 17.1. The largest absolute Gasteiger partial charge is 0.506 e. The third-order valence-electron chi connectivity index (χ3n) is 2.95. The summed E-state index contributed by atoms with van der Waals surface area (Å²) in [6.45, 7) is 0. The molecule has 4 nitrogen and oxygen atoms in total. The number of carboxylic acids is 1. The molecule has 0 heterocycles. The van der Waals surface area contributed by atoms with Gasteiger partial charge < -0.3 is 10.2 Å². The summed E-state index contributed by atoms with van der Waals surface area (Å²) in [7, 11) is 0. The average Bonchev–Trinajstić information content (AvgIpc) is 2.47. The molecule has 7 heteroatoms. The van der Waals surface area contributed by atoms with Crippen LogP contribution in [-0.2, 0) is 0 Å². The monoisotopic (exact) mass is 370 g/mol. The highest BCUT2D eigenvalue weighted by molar-refractivity contribution is 6.35. The van der Waals surface area contributed by atoms with Gasteiger partial charge in [-0.05, 0) is 42.0 Å². The molecule has 0 aromatic heterocycles. The lowest BCUT2D eigenvalue weighted by molar-refractivity contribution is 0.0693. The smallest absolute Gasteiger partial charge is 0.339 e. The van der Waals surface area contributed by atoms with Gasteiger partial charge in [-0.3, -0.25) is 4.79 Å². The minimum absolute atomic E-state index is 0.0291. The average molecular weight is 372 g/mol. The Bertz CT molecular complexity index is 828. The first kappa shape index (κ1) is 17.3. The maximum absolute atomic E-state index is 12.2. The highest BCUT2D eigenvalue weighted by Gasteiger charge is 2.18. The number of phenols is 1. The number of aromatic hydroxyl groups is 1. The second-order valence-electron chi connectivity index (χ2n) is 4.52. The number of halogens is 3. The molecular weight excluding hydrogens is 363 g/mol. The van der Waals surface area contributed by atoms with Crippen molar-refractivity contribution >= 4 is 52.6 Å². The van der Waals surface area contributed by atoms with E-state index in [9.17, 15) is 14.7 Å². The Morgan fingerprint density at radius 3 is 2.22 bits per heavy atom. The van der Waals surface area contributed by atoms with Gasteiger partial charge in [-0.25, -0.2) is 4.79 Å². The van der Waals surface area contributed by atoms with Crippen LogP contribution in [0.4, 0.5) is 0 Å². The normalized spacial score (nSPS) is 10.9. The molecule has 118 valence electrons. The van der Waals surface area contributed by atoms with Crippen LogP contribution in [0.25, 0.3) is 6.08 Å². The SMILES string of the molecule is O=C(O)c1cc(Cl)cc(C(=O)/C=C/c2ccc(Cl)cc2Cl)c1O. The van der Waals surface area contributed by atoms with Crippen molar-refractivity contribution in [3.63, 3.8) is 0 Å². The summed E-state index contributed by atoms with van der Waals surface area (Å²) in [6, 6.07) is 7.01. The molecule has 2 aromatic carbocycles. The van der Waals surface area contributed by atoms with Crippen molar-refractivity contribution in [2.75, 3.05) is 0 Å². The molecule has 0 aliphatic rings. The first-order valence-corrected chi connectivity index (χ1v) is 7.36. The number of carbonyl (C=O) groups is 2. The first-order chi connectivity index (χ1) is 10.8. The van der Waals surface area contributed by atoms with E-state index in [0.717, 1.165) is 12.1 Å². The molecule has 0 saturated carbocycles. The topological polar surface area (TPSA) is 74.6 Å². The van der Waals surface area contributed by atoms with Crippen molar-refractivity contribution in [3.05, 3.63) is 68.2 Å². The summed E-state index contributed by atoms with van der Waals surface area (Å²) >= 11 is 17.6. The summed E-state index contributed by atoms with van der Waals surface area (Å²) in [6.07, 6.45) is 2.59. The van der Waals surface area contributed by atoms with Crippen molar-refractivity contribution in [2.24, 2.45) is 0 Å². The zero-order valence-electron chi connectivity index (χ0n) is 11.4. The summed E-state index contributed by atoms with van der Waals surface area (Å²) in [4.78, 5) is 23.2. The molecule has 0 aliphatic heterocycles. The number of ketones is 1. The Morgan fingerprint density at radius 1 is 0.957 bits per heavy atom. The van der Waals surface area contributed by atoms with Crippen molar-refractivity contribution in [3.8, 4) is 5.75 Å². The van der Waals surface area contributed by atoms with Gasteiger partial charge in [0.05, 0.1) is 5.56 Å². The number of allylic oxidation sites excluding steroid dienone is 1. The van der Waals surface area contributed by atoms with Crippen LogP contribution in [0.3, 0.4) is 0 Å². The second-order valence-corrected chi connectivity index (χ2v) is 5.80. The van der Waals surface area contributed by atoms with Gasteiger partial charge in [0.2, 0.25) is 0 Å². The van der Waals surface area contributed by atoms with Crippen molar-refractivity contribution < 1.29 is 19.8 Å². The van der Waals surface area contributed by atoms with Crippen LogP contribution in [0, 0.1) is 0 Å². The van der Waals surface area contributed by atoms with Gasteiger partial charge in [-0.1, -0.05) is 40.9 Å². The van der Waals surface area contributed by atoms with Gasteiger partial charge >= 0.3 is 5.97 Å². The lowest BCUT2D eigenvalue weighted by atomic mass is 10.0. The second kappa shape index (κ2) is 7.04. The number of hydrogen-bond acceptors (Lipinski definition) is 3. The van der Waals surface area contributed by atoms with E-state index in [4.69, 9.17) is 39.9 Å². The van der Waals surface area contributed by atoms with Crippen LogP contribution in [-0.4, -0.2) is 22.0 Å². The molecule has 0 saturated heterocycles. The highest BCUT2D eigenvalue weighted by Crippen LogP contribution is 2.28. The third kappa shape index (κ3) is 4.05. The Hall–Kier alpha value is -2.01. The molecule has 0 fully saturated rings. The summed E-state index contributed by atoms with van der Waals surface area (Å²) in [5.41, 5.74) is -0.112. The molecule has 23 heavy (non-hydrogen) atoms. The minimum Gasteiger partial charge on any atom is -0.506 e. The highest BCUT2D eigenvalue weighted by atomic mass is 35.5. The fourth-order valence-electron chi connectivity index (χ4n) is 1.84. The van der Waals surface area contributed by atoms with Gasteiger partial charge in [0.25, 0.3) is 0 Å². The Morgan fingerprint density at radius 2 is 1.61 bits per heavy atom. The standard InChI is InChI=1S/C16H9Cl3O4/c17-9-3-1-8(13(19)7-9)2-4-14(20)11-5-10(18)6-12(15(11)21)16(22)23/h1-7,21H,(H,22,23)/b4-2+. The Balaban J connectivity index is 2.38. The van der Waals surface area contributed by atoms with E-state index < -0.39 is 23.1 Å². The summed E-state index contributed by atoms with van der Waals surface area (Å²) in [5.74, 6) is -2.64. The molecule has 0 spiro atoms. The quantitative estimate of drug-likeness (QED) is 0.589. The van der Waals surface area contributed by atoms with Crippen LogP contribution in [0.2, 0.25) is 15.1 Å². The molecule has 0 bridgehead atoms. The van der Waals surface area contributed by atoms with E-state index in [1.165, 1.54) is 18.2 Å². The zero-order valence-corrected chi connectivity index (χ0v) is 13.7. The van der Waals surface area contributed by atoms with E-state index in [1.54, 1.807) is 12.1 Å². The van der Waals surface area contributed by atoms with Crippen LogP contribution in [0.5, 0.6) is 5.75 Å². The molecule has 2 rings (SSSR count).